The first-order valence-electron chi connectivity index (χ1n) is 5.87. The second kappa shape index (κ2) is 5.41. The first-order chi connectivity index (χ1) is 7.59. The highest BCUT2D eigenvalue weighted by Gasteiger charge is 2.35. The molecule has 2 N–H and O–H groups in total. The molecule has 5 nitrogen and oxygen atoms in total. The average Bonchev–Trinajstić information content (AvgIpc) is 2.75. The molecule has 0 aliphatic carbocycles. The Balaban J connectivity index is 2.94. The highest BCUT2D eigenvalue weighted by molar-refractivity contribution is 5.06. The Labute approximate surface area is 96.1 Å². The van der Waals surface area contributed by atoms with Crippen LogP contribution in [0, 0.1) is 0 Å². The van der Waals surface area contributed by atoms with Crippen LogP contribution in [0.1, 0.15) is 51.8 Å². The third kappa shape index (κ3) is 2.41. The summed E-state index contributed by atoms with van der Waals surface area (Å²) in [6.07, 6.45) is 2.52. The number of hydrogen-bond acceptors (Lipinski definition) is 4. The van der Waals surface area contributed by atoms with Gasteiger partial charge in [0.05, 0.1) is 17.5 Å². The molecule has 1 aromatic heterocycles. The monoisotopic (exact) mass is 227 g/mol. The number of aliphatic hydroxyl groups excluding tert-OH is 1. The van der Waals surface area contributed by atoms with Crippen LogP contribution in [0.15, 0.2) is 6.20 Å². The molecule has 0 radical (unpaired) electrons. The van der Waals surface area contributed by atoms with Gasteiger partial charge in [-0.05, 0) is 19.3 Å². The van der Waals surface area contributed by atoms with Crippen LogP contribution in [0.2, 0.25) is 0 Å². The molecule has 1 atom stereocenters. The molecule has 1 unspecified atom stereocenters. The van der Waals surface area contributed by atoms with Crippen molar-refractivity contribution in [1.82, 2.24) is 15.0 Å². The van der Waals surface area contributed by atoms with E-state index in [0.29, 0.717) is 25.1 Å². The van der Waals surface area contributed by atoms with E-state index in [1.807, 2.05) is 20.8 Å². The van der Waals surface area contributed by atoms with Crippen molar-refractivity contribution in [3.63, 3.8) is 0 Å². The molecule has 1 heterocycles. The Bertz CT molecular complexity index is 321. The molecule has 0 fully saturated rings. The largest absolute Gasteiger partial charge is 0.387 e. The summed E-state index contributed by atoms with van der Waals surface area (Å²) in [5.41, 5.74) is -0.499. The lowest BCUT2D eigenvalue weighted by Gasteiger charge is -2.30. The van der Waals surface area contributed by atoms with Crippen molar-refractivity contribution < 1.29 is 10.2 Å². The lowest BCUT2D eigenvalue weighted by Crippen LogP contribution is -2.36. The molecule has 1 rings (SSSR count). The summed E-state index contributed by atoms with van der Waals surface area (Å²) in [5, 5.41) is 28.1. The van der Waals surface area contributed by atoms with E-state index in [-0.39, 0.29) is 0 Å². The van der Waals surface area contributed by atoms with E-state index in [0.717, 1.165) is 6.42 Å². The van der Waals surface area contributed by atoms with Gasteiger partial charge in [0.2, 0.25) is 0 Å². The second-order valence-corrected chi connectivity index (χ2v) is 4.10. The molecule has 0 spiro atoms. The van der Waals surface area contributed by atoms with Crippen molar-refractivity contribution in [2.24, 2.45) is 0 Å². The van der Waals surface area contributed by atoms with Crippen LogP contribution in [0.25, 0.3) is 0 Å². The summed E-state index contributed by atoms with van der Waals surface area (Å²) >= 11 is 0. The van der Waals surface area contributed by atoms with E-state index in [1.165, 1.54) is 6.20 Å². The van der Waals surface area contributed by atoms with Crippen LogP contribution < -0.4 is 0 Å². The first kappa shape index (κ1) is 13.1. The van der Waals surface area contributed by atoms with Gasteiger partial charge in [0.25, 0.3) is 0 Å². The molecule has 0 aromatic carbocycles. The molecule has 0 saturated carbocycles. The van der Waals surface area contributed by atoms with Crippen molar-refractivity contribution in [3.8, 4) is 0 Å². The normalized spacial score (nSPS) is 14.1. The molecule has 92 valence electrons. The van der Waals surface area contributed by atoms with E-state index < -0.39 is 11.7 Å². The van der Waals surface area contributed by atoms with Gasteiger partial charge < -0.3 is 10.2 Å². The van der Waals surface area contributed by atoms with E-state index >= 15 is 0 Å². The van der Waals surface area contributed by atoms with E-state index in [2.05, 4.69) is 10.3 Å². The van der Waals surface area contributed by atoms with Crippen molar-refractivity contribution in [2.75, 3.05) is 0 Å². The maximum Gasteiger partial charge on any atom is 0.126 e. The van der Waals surface area contributed by atoms with E-state index in [1.54, 1.807) is 4.68 Å². The molecular formula is C11H21N3O2. The maximum absolute atomic E-state index is 10.2. The number of aliphatic hydroxyl groups is 2. The highest BCUT2D eigenvalue weighted by Crippen LogP contribution is 2.31. The zero-order valence-corrected chi connectivity index (χ0v) is 10.2. The van der Waals surface area contributed by atoms with Crippen molar-refractivity contribution in [1.29, 1.82) is 0 Å². The maximum atomic E-state index is 10.2. The van der Waals surface area contributed by atoms with E-state index in [9.17, 15) is 10.2 Å². The molecule has 0 aliphatic rings. The van der Waals surface area contributed by atoms with Crippen molar-refractivity contribution in [3.05, 3.63) is 11.9 Å². The Morgan fingerprint density at radius 3 is 2.50 bits per heavy atom. The number of aryl methyl sites for hydroxylation is 1. The van der Waals surface area contributed by atoms with E-state index in [4.69, 9.17) is 0 Å². The SMILES string of the molecule is CCCn1nncc1C(O)C(O)(CC)CC. The summed E-state index contributed by atoms with van der Waals surface area (Å²) < 4.78 is 1.65. The summed E-state index contributed by atoms with van der Waals surface area (Å²) in [4.78, 5) is 0. The molecule has 5 heteroatoms. The average molecular weight is 227 g/mol. The fourth-order valence-electron chi connectivity index (χ4n) is 1.77. The van der Waals surface area contributed by atoms with Crippen LogP contribution in [-0.2, 0) is 6.54 Å². The quantitative estimate of drug-likeness (QED) is 0.767. The van der Waals surface area contributed by atoms with Gasteiger partial charge in [-0.25, -0.2) is 4.68 Å². The minimum absolute atomic E-state index is 0.502. The molecule has 0 bridgehead atoms. The summed E-state index contributed by atoms with van der Waals surface area (Å²) in [7, 11) is 0. The Morgan fingerprint density at radius 1 is 1.38 bits per heavy atom. The predicted molar refractivity (Wildman–Crippen MR) is 60.8 cm³/mol. The lowest BCUT2D eigenvalue weighted by atomic mass is 9.89. The third-order valence-corrected chi connectivity index (χ3v) is 3.10. The molecular weight excluding hydrogens is 206 g/mol. The van der Waals surface area contributed by atoms with Crippen molar-refractivity contribution >= 4 is 0 Å². The zero-order valence-electron chi connectivity index (χ0n) is 10.2. The van der Waals surface area contributed by atoms with Crippen LogP contribution in [0.5, 0.6) is 0 Å². The summed E-state index contributed by atoms with van der Waals surface area (Å²) in [6.45, 7) is 6.46. The van der Waals surface area contributed by atoms with Gasteiger partial charge in [-0.1, -0.05) is 26.0 Å². The number of hydrogen-bond donors (Lipinski definition) is 2. The number of aromatic nitrogens is 3. The molecule has 0 saturated heterocycles. The minimum atomic E-state index is -1.09. The fourth-order valence-corrected chi connectivity index (χ4v) is 1.77. The smallest absolute Gasteiger partial charge is 0.126 e. The van der Waals surface area contributed by atoms with Gasteiger partial charge in [-0.2, -0.15) is 0 Å². The van der Waals surface area contributed by atoms with Gasteiger partial charge in [0, 0.05) is 6.54 Å². The lowest BCUT2D eigenvalue weighted by molar-refractivity contribution is -0.0856. The second-order valence-electron chi connectivity index (χ2n) is 4.10. The van der Waals surface area contributed by atoms with Crippen molar-refractivity contribution in [2.45, 2.75) is 58.3 Å². The van der Waals surface area contributed by atoms with Gasteiger partial charge in [0.15, 0.2) is 0 Å². The number of rotatable bonds is 6. The summed E-state index contributed by atoms with van der Waals surface area (Å²) in [6, 6.07) is 0. The van der Waals surface area contributed by atoms with Gasteiger partial charge >= 0.3 is 0 Å². The predicted octanol–water partition coefficient (Wildman–Crippen LogP) is 1.27. The highest BCUT2D eigenvalue weighted by atomic mass is 16.3. The Morgan fingerprint density at radius 2 is 2.00 bits per heavy atom. The van der Waals surface area contributed by atoms with Crippen LogP contribution in [0.3, 0.4) is 0 Å². The fraction of sp³-hybridized carbons (Fsp3) is 0.818. The molecule has 0 amide bonds. The first-order valence-corrected chi connectivity index (χ1v) is 5.87. The summed E-state index contributed by atoms with van der Waals surface area (Å²) in [5.74, 6) is 0. The standard InChI is InChI=1S/C11H21N3O2/c1-4-7-14-9(8-12-13-14)10(15)11(16,5-2)6-3/h8,10,15-16H,4-7H2,1-3H3. The molecule has 16 heavy (non-hydrogen) atoms. The Hall–Kier alpha value is -0.940. The zero-order chi connectivity index (χ0) is 12.2. The van der Waals surface area contributed by atoms with Crippen LogP contribution >= 0.6 is 0 Å². The topological polar surface area (TPSA) is 71.2 Å². The van der Waals surface area contributed by atoms with Gasteiger partial charge in [-0.15, -0.1) is 5.10 Å². The molecule has 1 aromatic rings. The van der Waals surface area contributed by atoms with Gasteiger partial charge in [-0.3, -0.25) is 0 Å². The third-order valence-electron chi connectivity index (χ3n) is 3.10. The van der Waals surface area contributed by atoms with Crippen LogP contribution in [-0.4, -0.2) is 30.8 Å². The van der Waals surface area contributed by atoms with Crippen LogP contribution in [0.4, 0.5) is 0 Å². The molecule has 0 aliphatic heterocycles. The Kier molecular flexibility index (Phi) is 4.44. The minimum Gasteiger partial charge on any atom is -0.387 e. The number of nitrogens with zero attached hydrogens (tertiary/aromatic N) is 3. The van der Waals surface area contributed by atoms with Gasteiger partial charge in [0.1, 0.15) is 6.10 Å².